The lowest BCUT2D eigenvalue weighted by molar-refractivity contribution is 0.670. The van der Waals surface area contributed by atoms with Gasteiger partial charge in [0.1, 0.15) is 16.2 Å². The molecule has 0 amide bonds. The van der Waals surface area contributed by atoms with E-state index in [0.29, 0.717) is 0 Å². The molecule has 0 unspecified atom stereocenters. The highest BCUT2D eigenvalue weighted by atomic mass is 32.1. The van der Waals surface area contributed by atoms with Crippen molar-refractivity contribution in [2.24, 2.45) is 0 Å². The fraction of sp³-hybridized carbons (Fsp3) is 0. The van der Waals surface area contributed by atoms with E-state index >= 15 is 0 Å². The van der Waals surface area contributed by atoms with Gasteiger partial charge in [-0.1, -0.05) is 127 Å². The Hall–Kier alpha value is -5.77. The standard InChI is InChI=1S/C43H23NOS/c1-2-8-28-24(7-1)15-18-26-21-22-37-41(38(26)28)44-43(46-37)27-19-16-25(17-20-27)29-11-5-14-34-40-33-13-6-12-32-30-9-3-4-10-31(30)35(39(32)33)23-36(40)45-42(29)34/h1-23H. The number of aromatic nitrogens is 1. The first-order chi connectivity index (χ1) is 22.8. The molecule has 2 heterocycles. The zero-order valence-corrected chi connectivity index (χ0v) is 25.4. The largest absolute Gasteiger partial charge is 0.455 e. The number of thiazole rings is 1. The van der Waals surface area contributed by atoms with Crippen LogP contribution < -0.4 is 0 Å². The number of rotatable bonds is 2. The van der Waals surface area contributed by atoms with Gasteiger partial charge in [0.2, 0.25) is 0 Å². The second kappa shape index (κ2) is 8.91. The molecule has 0 atom stereocenters. The smallest absolute Gasteiger partial charge is 0.143 e. The predicted octanol–water partition coefficient (Wildman–Crippen LogP) is 12.6. The van der Waals surface area contributed by atoms with Gasteiger partial charge in [-0.3, -0.25) is 0 Å². The van der Waals surface area contributed by atoms with Gasteiger partial charge in [-0.2, -0.15) is 0 Å². The molecule has 0 spiro atoms. The van der Waals surface area contributed by atoms with E-state index < -0.39 is 0 Å². The second-order valence-corrected chi connectivity index (χ2v) is 13.3. The van der Waals surface area contributed by atoms with Crippen molar-refractivity contribution in [1.29, 1.82) is 0 Å². The number of benzene rings is 8. The van der Waals surface area contributed by atoms with Crippen LogP contribution in [0.1, 0.15) is 0 Å². The molecule has 2 aromatic heterocycles. The van der Waals surface area contributed by atoms with Crippen LogP contribution in [0, 0.1) is 0 Å². The van der Waals surface area contributed by atoms with Crippen molar-refractivity contribution in [3.05, 3.63) is 140 Å². The summed E-state index contributed by atoms with van der Waals surface area (Å²) < 4.78 is 7.96. The summed E-state index contributed by atoms with van der Waals surface area (Å²) in [6.45, 7) is 0. The molecule has 1 aliphatic carbocycles. The van der Waals surface area contributed by atoms with Crippen LogP contribution in [-0.4, -0.2) is 4.98 Å². The van der Waals surface area contributed by atoms with Crippen LogP contribution in [0.2, 0.25) is 0 Å². The Morgan fingerprint density at radius 3 is 2.02 bits per heavy atom. The lowest BCUT2D eigenvalue weighted by Gasteiger charge is -2.05. The van der Waals surface area contributed by atoms with Crippen molar-refractivity contribution in [2.75, 3.05) is 0 Å². The van der Waals surface area contributed by atoms with E-state index in [-0.39, 0.29) is 0 Å². The molecule has 2 nitrogen and oxygen atoms in total. The maximum Gasteiger partial charge on any atom is 0.143 e. The van der Waals surface area contributed by atoms with Gasteiger partial charge in [-0.05, 0) is 66.9 Å². The van der Waals surface area contributed by atoms with Crippen molar-refractivity contribution in [3.63, 3.8) is 0 Å². The topological polar surface area (TPSA) is 26.0 Å². The fourth-order valence-corrected chi connectivity index (χ4v) is 8.76. The van der Waals surface area contributed by atoms with Crippen molar-refractivity contribution in [3.8, 4) is 44.0 Å². The fourth-order valence-electron chi connectivity index (χ4n) is 7.79. The minimum absolute atomic E-state index is 0.932. The highest BCUT2D eigenvalue weighted by Crippen LogP contribution is 2.51. The Labute approximate surface area is 267 Å². The molecule has 1 aliphatic rings. The Kier molecular flexibility index (Phi) is 4.75. The van der Waals surface area contributed by atoms with Crippen molar-refractivity contribution < 1.29 is 4.42 Å². The average molecular weight is 602 g/mol. The first-order valence-corrected chi connectivity index (χ1v) is 16.4. The van der Waals surface area contributed by atoms with Crippen molar-refractivity contribution in [1.82, 2.24) is 4.98 Å². The van der Waals surface area contributed by atoms with Crippen LogP contribution in [0.15, 0.2) is 144 Å². The van der Waals surface area contributed by atoms with E-state index in [2.05, 4.69) is 140 Å². The van der Waals surface area contributed by atoms with E-state index in [0.717, 1.165) is 43.8 Å². The number of hydrogen-bond donors (Lipinski definition) is 0. The van der Waals surface area contributed by atoms with E-state index in [9.17, 15) is 0 Å². The lowest BCUT2D eigenvalue weighted by Crippen LogP contribution is -1.82. The minimum atomic E-state index is 0.932. The Morgan fingerprint density at radius 2 is 1.13 bits per heavy atom. The Bertz CT molecular complexity index is 2910. The summed E-state index contributed by atoms with van der Waals surface area (Å²) in [5.41, 5.74) is 11.5. The molecule has 46 heavy (non-hydrogen) atoms. The molecule has 10 aromatic rings. The van der Waals surface area contributed by atoms with Crippen LogP contribution in [0.5, 0.6) is 0 Å². The minimum Gasteiger partial charge on any atom is -0.455 e. The van der Waals surface area contributed by atoms with Crippen LogP contribution in [0.3, 0.4) is 0 Å². The van der Waals surface area contributed by atoms with E-state index in [4.69, 9.17) is 9.40 Å². The number of hydrogen-bond acceptors (Lipinski definition) is 3. The molecular weight excluding hydrogens is 579 g/mol. The molecule has 3 heteroatoms. The monoisotopic (exact) mass is 601 g/mol. The highest BCUT2D eigenvalue weighted by Gasteiger charge is 2.25. The van der Waals surface area contributed by atoms with Gasteiger partial charge in [0.15, 0.2) is 0 Å². The molecule has 0 radical (unpaired) electrons. The SMILES string of the molecule is c1ccc2c(c1)-c1cccc3c1c-2cc1oc2c(-c4ccc(-c5nc6c(ccc7ccc8ccccc8c76)s5)cc4)cccc2c13. The molecule has 0 N–H and O–H groups in total. The molecule has 0 saturated heterocycles. The average Bonchev–Trinajstić information content (AvgIpc) is 3.81. The van der Waals surface area contributed by atoms with Gasteiger partial charge in [-0.15, -0.1) is 11.3 Å². The second-order valence-electron chi connectivity index (χ2n) is 12.2. The molecule has 0 aliphatic heterocycles. The van der Waals surface area contributed by atoms with Crippen LogP contribution >= 0.6 is 11.3 Å². The summed E-state index contributed by atoms with van der Waals surface area (Å²) in [5, 5.41) is 10.9. The summed E-state index contributed by atoms with van der Waals surface area (Å²) in [5.74, 6) is 0. The predicted molar refractivity (Wildman–Crippen MR) is 195 cm³/mol. The number of nitrogens with zero attached hydrogens (tertiary/aromatic N) is 1. The summed E-state index contributed by atoms with van der Waals surface area (Å²) >= 11 is 1.76. The quantitative estimate of drug-likeness (QED) is 0.184. The molecule has 0 saturated carbocycles. The zero-order valence-electron chi connectivity index (χ0n) is 24.5. The van der Waals surface area contributed by atoms with Gasteiger partial charge in [0, 0.05) is 27.3 Å². The first-order valence-electron chi connectivity index (χ1n) is 15.6. The van der Waals surface area contributed by atoms with E-state index in [1.54, 1.807) is 11.3 Å². The molecule has 0 fully saturated rings. The molecular formula is C43H23NOS. The molecule has 8 aromatic carbocycles. The van der Waals surface area contributed by atoms with Gasteiger partial charge < -0.3 is 4.42 Å². The van der Waals surface area contributed by atoms with Crippen molar-refractivity contribution in [2.45, 2.75) is 0 Å². The number of para-hydroxylation sites is 1. The maximum atomic E-state index is 6.75. The van der Waals surface area contributed by atoms with E-state index in [1.165, 1.54) is 64.7 Å². The normalized spacial score (nSPS) is 12.3. The van der Waals surface area contributed by atoms with Gasteiger partial charge >= 0.3 is 0 Å². The van der Waals surface area contributed by atoms with E-state index in [1.807, 2.05) is 0 Å². The first kappa shape index (κ1) is 24.5. The summed E-state index contributed by atoms with van der Waals surface area (Å²) in [6.07, 6.45) is 0. The summed E-state index contributed by atoms with van der Waals surface area (Å²) in [6, 6.07) is 50.4. The maximum absolute atomic E-state index is 6.75. The van der Waals surface area contributed by atoms with Crippen LogP contribution in [0.25, 0.3) is 108 Å². The Morgan fingerprint density at radius 1 is 0.457 bits per heavy atom. The third-order valence-electron chi connectivity index (χ3n) is 9.84. The number of fused-ring (bicyclic) bond motifs is 12. The van der Waals surface area contributed by atoms with Gasteiger partial charge in [0.25, 0.3) is 0 Å². The summed E-state index contributed by atoms with van der Waals surface area (Å²) in [4.78, 5) is 5.21. The van der Waals surface area contributed by atoms with Crippen LogP contribution in [0.4, 0.5) is 0 Å². The third-order valence-corrected chi connectivity index (χ3v) is 10.9. The summed E-state index contributed by atoms with van der Waals surface area (Å²) in [7, 11) is 0. The van der Waals surface area contributed by atoms with Gasteiger partial charge in [0.05, 0.1) is 10.2 Å². The van der Waals surface area contributed by atoms with Crippen molar-refractivity contribution >= 4 is 75.8 Å². The molecule has 11 rings (SSSR count). The third kappa shape index (κ3) is 3.22. The molecule has 212 valence electrons. The highest BCUT2D eigenvalue weighted by molar-refractivity contribution is 7.21. The Balaban J connectivity index is 1.06. The van der Waals surface area contributed by atoms with Gasteiger partial charge in [-0.25, -0.2) is 4.98 Å². The zero-order chi connectivity index (χ0) is 29.9. The molecule has 0 bridgehead atoms. The van der Waals surface area contributed by atoms with Crippen LogP contribution in [-0.2, 0) is 0 Å². The lowest BCUT2D eigenvalue weighted by atomic mass is 9.96. The number of furan rings is 1.